The van der Waals surface area contributed by atoms with E-state index in [1.807, 2.05) is 19.1 Å². The largest absolute Gasteiger partial charge is 0.378 e. The van der Waals surface area contributed by atoms with Gasteiger partial charge in [-0.3, -0.25) is 14.7 Å². The molecule has 1 aromatic heterocycles. The van der Waals surface area contributed by atoms with E-state index in [9.17, 15) is 4.79 Å². The number of carbonyl (C=O) groups excluding carboxylic acids is 1. The van der Waals surface area contributed by atoms with E-state index in [1.165, 1.54) is 0 Å². The van der Waals surface area contributed by atoms with Crippen LogP contribution in [0, 0.1) is 12.8 Å². The van der Waals surface area contributed by atoms with Gasteiger partial charge in [-0.1, -0.05) is 6.07 Å². The zero-order valence-electron chi connectivity index (χ0n) is 11.5. The summed E-state index contributed by atoms with van der Waals surface area (Å²) in [6.45, 7) is 3.45. The van der Waals surface area contributed by atoms with Crippen LogP contribution in [0.3, 0.4) is 0 Å². The number of Topliss-reactive ketones (excluding diaryl/α,β-unsaturated/α-hetero) is 1. The van der Waals surface area contributed by atoms with Crippen molar-refractivity contribution in [1.82, 2.24) is 9.88 Å². The average Bonchev–Trinajstić information content (AvgIpc) is 2.38. The standard InChI is InChI=1S/C15H20N2O2/c1-10-4-3-5-16-14(10)15(18)11-6-12-8-19-9-13(7-11)17(12)2/h3-5,11-13H,6-9H2,1-2H3. The van der Waals surface area contributed by atoms with Crippen molar-refractivity contribution in [3.63, 3.8) is 0 Å². The third-order valence-electron chi connectivity index (χ3n) is 4.50. The Balaban J connectivity index is 1.80. The number of piperidine rings is 1. The minimum Gasteiger partial charge on any atom is -0.378 e. The highest BCUT2D eigenvalue weighted by atomic mass is 16.5. The maximum atomic E-state index is 12.6. The molecule has 0 spiro atoms. The molecule has 3 heterocycles. The van der Waals surface area contributed by atoms with Crippen LogP contribution in [0.1, 0.15) is 28.9 Å². The molecule has 19 heavy (non-hydrogen) atoms. The maximum absolute atomic E-state index is 12.6. The fourth-order valence-corrected chi connectivity index (χ4v) is 3.25. The van der Waals surface area contributed by atoms with Crippen molar-refractivity contribution in [3.05, 3.63) is 29.6 Å². The zero-order chi connectivity index (χ0) is 13.4. The molecule has 0 aliphatic carbocycles. The van der Waals surface area contributed by atoms with Gasteiger partial charge in [-0.25, -0.2) is 0 Å². The van der Waals surface area contributed by atoms with Crippen molar-refractivity contribution >= 4 is 5.78 Å². The van der Waals surface area contributed by atoms with E-state index in [4.69, 9.17) is 4.74 Å². The number of hydrogen-bond acceptors (Lipinski definition) is 4. The number of aryl methyl sites for hydroxylation is 1. The van der Waals surface area contributed by atoms with Gasteiger partial charge in [0.2, 0.25) is 0 Å². The number of pyridine rings is 1. The second-order valence-corrected chi connectivity index (χ2v) is 5.71. The highest BCUT2D eigenvalue weighted by Gasteiger charge is 2.40. The molecule has 2 aliphatic heterocycles. The van der Waals surface area contributed by atoms with Crippen LogP contribution < -0.4 is 0 Å². The van der Waals surface area contributed by atoms with Crippen LogP contribution in [-0.2, 0) is 4.74 Å². The summed E-state index contributed by atoms with van der Waals surface area (Å²) >= 11 is 0. The molecular formula is C15H20N2O2. The Labute approximate surface area is 113 Å². The fourth-order valence-electron chi connectivity index (χ4n) is 3.25. The Morgan fingerprint density at radius 1 is 1.37 bits per heavy atom. The molecular weight excluding hydrogens is 240 g/mol. The van der Waals surface area contributed by atoms with Crippen LogP contribution in [0.15, 0.2) is 18.3 Å². The van der Waals surface area contributed by atoms with Gasteiger partial charge >= 0.3 is 0 Å². The predicted octanol–water partition coefficient (Wildman–Crippen LogP) is 1.68. The number of morpholine rings is 1. The molecule has 102 valence electrons. The van der Waals surface area contributed by atoms with Crippen molar-refractivity contribution in [2.75, 3.05) is 20.3 Å². The lowest BCUT2D eigenvalue weighted by molar-refractivity contribution is -0.0703. The number of likely N-dealkylation sites (N-methyl/N-ethyl adjacent to an activating group) is 1. The molecule has 3 rings (SSSR count). The first-order valence-electron chi connectivity index (χ1n) is 6.92. The highest BCUT2D eigenvalue weighted by Crippen LogP contribution is 2.32. The molecule has 4 heteroatoms. The molecule has 1 aromatic rings. The van der Waals surface area contributed by atoms with Crippen LogP contribution in [0.4, 0.5) is 0 Å². The summed E-state index contributed by atoms with van der Waals surface area (Å²) in [6, 6.07) is 4.60. The quantitative estimate of drug-likeness (QED) is 0.759. The van der Waals surface area contributed by atoms with Crippen molar-refractivity contribution in [2.24, 2.45) is 5.92 Å². The van der Waals surface area contributed by atoms with Gasteiger partial charge in [-0.2, -0.15) is 0 Å². The summed E-state index contributed by atoms with van der Waals surface area (Å²) in [4.78, 5) is 19.3. The van der Waals surface area contributed by atoms with Crippen molar-refractivity contribution in [1.29, 1.82) is 0 Å². The maximum Gasteiger partial charge on any atom is 0.184 e. The lowest BCUT2D eigenvalue weighted by Crippen LogP contribution is -2.55. The van der Waals surface area contributed by atoms with Gasteiger partial charge in [-0.15, -0.1) is 0 Å². The summed E-state index contributed by atoms with van der Waals surface area (Å²) < 4.78 is 5.60. The Bertz CT molecular complexity index is 475. The van der Waals surface area contributed by atoms with Gasteiger partial charge in [0.25, 0.3) is 0 Å². The minimum atomic E-state index is 0.101. The van der Waals surface area contributed by atoms with Crippen LogP contribution in [-0.4, -0.2) is 48.0 Å². The first-order valence-corrected chi connectivity index (χ1v) is 6.92. The fraction of sp³-hybridized carbons (Fsp3) is 0.600. The molecule has 2 aliphatic rings. The Kier molecular flexibility index (Phi) is 3.37. The Morgan fingerprint density at radius 3 is 2.68 bits per heavy atom. The van der Waals surface area contributed by atoms with Gasteiger partial charge in [0.1, 0.15) is 5.69 Å². The van der Waals surface area contributed by atoms with Gasteiger partial charge < -0.3 is 4.74 Å². The van der Waals surface area contributed by atoms with Crippen LogP contribution in [0.2, 0.25) is 0 Å². The number of hydrogen-bond donors (Lipinski definition) is 0. The Morgan fingerprint density at radius 2 is 2.05 bits per heavy atom. The van der Waals surface area contributed by atoms with Crippen LogP contribution >= 0.6 is 0 Å². The first kappa shape index (κ1) is 12.8. The molecule has 0 amide bonds. The number of fused-ring (bicyclic) bond motifs is 2. The van der Waals surface area contributed by atoms with Crippen molar-refractivity contribution in [2.45, 2.75) is 31.8 Å². The zero-order valence-corrected chi connectivity index (χ0v) is 11.5. The number of ketones is 1. The summed E-state index contributed by atoms with van der Waals surface area (Å²) in [7, 11) is 2.14. The highest BCUT2D eigenvalue weighted by molar-refractivity contribution is 5.97. The molecule has 2 atom stereocenters. The van der Waals surface area contributed by atoms with Crippen molar-refractivity contribution < 1.29 is 9.53 Å². The van der Waals surface area contributed by atoms with Gasteiger partial charge in [0.15, 0.2) is 5.78 Å². The number of ether oxygens (including phenoxy) is 1. The van der Waals surface area contributed by atoms with E-state index in [-0.39, 0.29) is 11.7 Å². The molecule has 2 unspecified atom stereocenters. The van der Waals surface area contributed by atoms with Crippen LogP contribution in [0.25, 0.3) is 0 Å². The normalized spacial score (nSPS) is 31.2. The molecule has 2 fully saturated rings. The first-order chi connectivity index (χ1) is 9.16. The average molecular weight is 260 g/mol. The van der Waals surface area contributed by atoms with Crippen LogP contribution in [0.5, 0.6) is 0 Å². The molecule has 0 radical (unpaired) electrons. The van der Waals surface area contributed by atoms with E-state index in [0.717, 1.165) is 31.6 Å². The van der Waals surface area contributed by atoms with Gasteiger partial charge in [0.05, 0.1) is 13.2 Å². The second-order valence-electron chi connectivity index (χ2n) is 5.71. The predicted molar refractivity (Wildman–Crippen MR) is 72.2 cm³/mol. The summed E-state index contributed by atoms with van der Waals surface area (Å²) in [5.41, 5.74) is 1.63. The number of aromatic nitrogens is 1. The van der Waals surface area contributed by atoms with E-state index in [1.54, 1.807) is 6.20 Å². The lowest BCUT2D eigenvalue weighted by Gasteiger charge is -2.46. The molecule has 2 bridgehead atoms. The SMILES string of the molecule is Cc1cccnc1C(=O)C1CC2COCC(C1)N2C. The molecule has 4 nitrogen and oxygen atoms in total. The third kappa shape index (κ3) is 2.30. The van der Waals surface area contributed by atoms with Gasteiger partial charge in [0, 0.05) is 24.2 Å². The van der Waals surface area contributed by atoms with E-state index >= 15 is 0 Å². The number of nitrogens with zero attached hydrogens (tertiary/aromatic N) is 2. The van der Waals surface area contributed by atoms with Crippen molar-refractivity contribution in [3.8, 4) is 0 Å². The topological polar surface area (TPSA) is 42.4 Å². The van der Waals surface area contributed by atoms with Gasteiger partial charge in [-0.05, 0) is 38.4 Å². The molecule has 0 N–H and O–H groups in total. The smallest absolute Gasteiger partial charge is 0.184 e. The molecule has 2 saturated heterocycles. The van der Waals surface area contributed by atoms with E-state index < -0.39 is 0 Å². The Hall–Kier alpha value is -1.26. The second kappa shape index (κ2) is 5.02. The number of carbonyl (C=O) groups is 1. The molecule has 0 saturated carbocycles. The minimum absolute atomic E-state index is 0.101. The third-order valence-corrected chi connectivity index (χ3v) is 4.50. The number of rotatable bonds is 2. The molecule has 0 aromatic carbocycles. The summed E-state index contributed by atoms with van der Waals surface area (Å²) in [5, 5.41) is 0. The lowest BCUT2D eigenvalue weighted by atomic mass is 9.81. The summed E-state index contributed by atoms with van der Waals surface area (Å²) in [5.74, 6) is 0.312. The van der Waals surface area contributed by atoms with E-state index in [0.29, 0.717) is 17.8 Å². The van der Waals surface area contributed by atoms with E-state index in [2.05, 4.69) is 16.9 Å². The monoisotopic (exact) mass is 260 g/mol. The summed E-state index contributed by atoms with van der Waals surface area (Å²) in [6.07, 6.45) is 3.49.